The van der Waals surface area contributed by atoms with Gasteiger partial charge in [-0.3, -0.25) is 4.90 Å². The maximum atomic E-state index is 10.6. The number of aromatic nitrogens is 2. The Hall–Kier alpha value is -2.93. The van der Waals surface area contributed by atoms with Gasteiger partial charge in [0.1, 0.15) is 5.75 Å². The number of benzene rings is 2. The molecule has 0 amide bonds. The van der Waals surface area contributed by atoms with Crippen LogP contribution in [0, 0.1) is 13.8 Å². The van der Waals surface area contributed by atoms with E-state index in [1.165, 1.54) is 0 Å². The number of aryl methyl sites for hydroxylation is 2. The average Bonchev–Trinajstić information content (AvgIpc) is 3.13. The molecule has 2 atom stereocenters. The number of nitrogens with zero attached hydrogens (tertiary/aromatic N) is 3. The van der Waals surface area contributed by atoms with Crippen molar-refractivity contribution in [2.24, 2.45) is 0 Å². The fourth-order valence-electron chi connectivity index (χ4n) is 3.83. The van der Waals surface area contributed by atoms with Crippen LogP contribution in [0.2, 0.25) is 0 Å². The van der Waals surface area contributed by atoms with E-state index in [4.69, 9.17) is 14.6 Å². The minimum Gasteiger partial charge on any atom is -0.439 e. The predicted molar refractivity (Wildman–Crippen MR) is 137 cm³/mol. The smallest absolute Gasteiger partial charge is 0.227 e. The Balaban J connectivity index is 1.96. The summed E-state index contributed by atoms with van der Waals surface area (Å²) in [5.74, 6) is 1.46. The lowest BCUT2D eigenvalue weighted by Gasteiger charge is -2.30. The van der Waals surface area contributed by atoms with E-state index < -0.39 is 6.10 Å². The van der Waals surface area contributed by atoms with Gasteiger partial charge >= 0.3 is 0 Å². The summed E-state index contributed by atoms with van der Waals surface area (Å²) < 4.78 is 13.8. The molecular formula is C28H37N3O3. The molecule has 0 fully saturated rings. The highest BCUT2D eigenvalue weighted by atomic mass is 16.5. The van der Waals surface area contributed by atoms with Crippen molar-refractivity contribution in [1.29, 1.82) is 0 Å². The minimum atomic E-state index is -0.598. The lowest BCUT2D eigenvalue weighted by molar-refractivity contribution is 0.0155. The van der Waals surface area contributed by atoms with Gasteiger partial charge in [0, 0.05) is 19.1 Å². The molecule has 2 aromatic carbocycles. The highest BCUT2D eigenvalue weighted by molar-refractivity contribution is 5.43. The van der Waals surface area contributed by atoms with Crippen molar-refractivity contribution < 1.29 is 14.6 Å². The summed E-state index contributed by atoms with van der Waals surface area (Å²) in [4.78, 5) is 2.27. The molecular weight excluding hydrogens is 426 g/mol. The van der Waals surface area contributed by atoms with Crippen molar-refractivity contribution >= 4 is 0 Å². The van der Waals surface area contributed by atoms with Gasteiger partial charge in [-0.15, -0.1) is 6.58 Å². The molecule has 6 heteroatoms. The molecule has 34 heavy (non-hydrogen) atoms. The van der Waals surface area contributed by atoms with E-state index in [0.29, 0.717) is 25.6 Å². The van der Waals surface area contributed by atoms with E-state index in [1.54, 1.807) is 6.08 Å². The van der Waals surface area contributed by atoms with Crippen molar-refractivity contribution in [2.45, 2.75) is 52.8 Å². The third-order valence-corrected chi connectivity index (χ3v) is 5.91. The molecule has 0 saturated heterocycles. The van der Waals surface area contributed by atoms with Gasteiger partial charge in [-0.2, -0.15) is 5.10 Å². The second kappa shape index (κ2) is 12.5. The minimum absolute atomic E-state index is 0.264. The number of hydrogen-bond acceptors (Lipinski definition) is 5. The maximum absolute atomic E-state index is 10.6. The Morgan fingerprint density at radius 1 is 1.15 bits per heavy atom. The van der Waals surface area contributed by atoms with Crippen LogP contribution in [0.1, 0.15) is 37.1 Å². The first kappa shape index (κ1) is 25.7. The topological polar surface area (TPSA) is 59.8 Å². The molecule has 0 unspecified atom stereocenters. The summed E-state index contributed by atoms with van der Waals surface area (Å²) in [5, 5.41) is 15.4. The lowest BCUT2D eigenvalue weighted by Crippen LogP contribution is -2.40. The Kier molecular flexibility index (Phi) is 9.45. The summed E-state index contributed by atoms with van der Waals surface area (Å²) in [6, 6.07) is 18.3. The predicted octanol–water partition coefficient (Wildman–Crippen LogP) is 5.45. The second-order valence-corrected chi connectivity index (χ2v) is 8.70. The Morgan fingerprint density at radius 3 is 2.59 bits per heavy atom. The first-order chi connectivity index (χ1) is 16.4. The van der Waals surface area contributed by atoms with Crippen LogP contribution in [0.4, 0.5) is 0 Å². The maximum Gasteiger partial charge on any atom is 0.227 e. The average molecular weight is 464 g/mol. The molecule has 0 bridgehead atoms. The highest BCUT2D eigenvalue weighted by Gasteiger charge is 2.24. The zero-order valence-electron chi connectivity index (χ0n) is 20.8. The first-order valence-corrected chi connectivity index (χ1v) is 11.9. The molecule has 1 aromatic heterocycles. The van der Waals surface area contributed by atoms with Crippen molar-refractivity contribution in [2.75, 3.05) is 19.8 Å². The number of aliphatic hydroxyl groups is 1. The van der Waals surface area contributed by atoms with E-state index in [0.717, 1.165) is 34.7 Å². The van der Waals surface area contributed by atoms with Crippen LogP contribution in [0.15, 0.2) is 67.3 Å². The van der Waals surface area contributed by atoms with Gasteiger partial charge < -0.3 is 14.6 Å². The molecule has 3 aromatic rings. The molecule has 0 aliphatic carbocycles. The molecule has 3 rings (SSSR count). The van der Waals surface area contributed by atoms with E-state index in [1.807, 2.05) is 73.1 Å². The van der Waals surface area contributed by atoms with Crippen LogP contribution in [0.25, 0.3) is 5.69 Å². The standard InChI is InChI=1S/C28H37N3O3/c1-6-16-33-20-25(32)18-30(22(4)7-2)19-27-23(5)29-31(24-13-9-8-10-14-24)28(27)34-26-15-11-12-21(3)17-26/h6,8-15,17,22,25,32H,1,7,16,18-20H2,2-5H3/t22-,25+/m1/s1. The van der Waals surface area contributed by atoms with Crippen LogP contribution in [-0.4, -0.2) is 51.7 Å². The lowest BCUT2D eigenvalue weighted by atomic mass is 10.1. The first-order valence-electron chi connectivity index (χ1n) is 11.9. The SMILES string of the molecule is C=CCOC[C@@H](O)CN(Cc1c(C)nn(-c2ccccc2)c1Oc1cccc(C)c1)[C@H](C)CC. The number of para-hydroxylation sites is 1. The zero-order chi connectivity index (χ0) is 24.5. The molecule has 182 valence electrons. The van der Waals surface area contributed by atoms with E-state index >= 15 is 0 Å². The van der Waals surface area contributed by atoms with E-state index in [-0.39, 0.29) is 12.6 Å². The third kappa shape index (κ3) is 6.79. The molecule has 0 spiro atoms. The Morgan fingerprint density at radius 2 is 1.91 bits per heavy atom. The van der Waals surface area contributed by atoms with E-state index in [9.17, 15) is 5.11 Å². The number of ether oxygens (including phenoxy) is 2. The van der Waals surface area contributed by atoms with Crippen LogP contribution in [0.5, 0.6) is 11.6 Å². The van der Waals surface area contributed by atoms with Crippen molar-refractivity contribution in [3.05, 3.63) is 84.1 Å². The number of rotatable bonds is 13. The van der Waals surface area contributed by atoms with Crippen LogP contribution in [0.3, 0.4) is 0 Å². The Labute approximate surface area is 203 Å². The van der Waals surface area contributed by atoms with Gasteiger partial charge in [0.2, 0.25) is 5.88 Å². The number of hydrogen-bond donors (Lipinski definition) is 1. The summed E-state index contributed by atoms with van der Waals surface area (Å²) in [5.41, 5.74) is 3.97. The molecule has 0 saturated carbocycles. The summed E-state index contributed by atoms with van der Waals surface area (Å²) in [6.45, 7) is 13.8. The summed E-state index contributed by atoms with van der Waals surface area (Å²) >= 11 is 0. The summed E-state index contributed by atoms with van der Waals surface area (Å²) in [7, 11) is 0. The highest BCUT2D eigenvalue weighted by Crippen LogP contribution is 2.32. The van der Waals surface area contributed by atoms with E-state index in [2.05, 4.69) is 25.3 Å². The quantitative estimate of drug-likeness (QED) is 0.270. The monoisotopic (exact) mass is 463 g/mol. The van der Waals surface area contributed by atoms with Crippen LogP contribution < -0.4 is 4.74 Å². The van der Waals surface area contributed by atoms with Gasteiger partial charge in [-0.1, -0.05) is 43.3 Å². The van der Waals surface area contributed by atoms with Gasteiger partial charge in [-0.25, -0.2) is 4.68 Å². The third-order valence-electron chi connectivity index (χ3n) is 5.91. The summed E-state index contributed by atoms with van der Waals surface area (Å²) in [6.07, 6.45) is 2.05. The van der Waals surface area contributed by atoms with Gasteiger partial charge in [0.05, 0.1) is 36.3 Å². The van der Waals surface area contributed by atoms with Crippen molar-refractivity contribution in [3.63, 3.8) is 0 Å². The van der Waals surface area contributed by atoms with Crippen molar-refractivity contribution in [1.82, 2.24) is 14.7 Å². The van der Waals surface area contributed by atoms with Crippen molar-refractivity contribution in [3.8, 4) is 17.3 Å². The zero-order valence-corrected chi connectivity index (χ0v) is 20.8. The van der Waals surface area contributed by atoms with Crippen LogP contribution >= 0.6 is 0 Å². The molecule has 0 aliphatic rings. The van der Waals surface area contributed by atoms with Gasteiger partial charge in [0.15, 0.2) is 0 Å². The van der Waals surface area contributed by atoms with Gasteiger partial charge in [-0.05, 0) is 57.0 Å². The molecule has 1 heterocycles. The molecule has 6 nitrogen and oxygen atoms in total. The molecule has 0 radical (unpaired) electrons. The Bertz CT molecular complexity index is 1050. The number of aliphatic hydroxyl groups excluding tert-OH is 1. The fraction of sp³-hybridized carbons (Fsp3) is 0.393. The largest absolute Gasteiger partial charge is 0.439 e. The normalized spacial score (nSPS) is 13.1. The molecule has 0 aliphatic heterocycles. The second-order valence-electron chi connectivity index (χ2n) is 8.70. The van der Waals surface area contributed by atoms with Crippen LogP contribution in [-0.2, 0) is 11.3 Å². The fourth-order valence-corrected chi connectivity index (χ4v) is 3.83. The molecule has 1 N–H and O–H groups in total. The van der Waals surface area contributed by atoms with Gasteiger partial charge in [0.25, 0.3) is 0 Å².